The predicted molar refractivity (Wildman–Crippen MR) is 94.0 cm³/mol. The van der Waals surface area contributed by atoms with E-state index in [1.54, 1.807) is 12.1 Å². The lowest BCUT2D eigenvalue weighted by molar-refractivity contribution is 0.0626. The number of alkyl halides is 2. The molecule has 7 nitrogen and oxygen atoms in total. The summed E-state index contributed by atoms with van der Waals surface area (Å²) in [6, 6.07) is 5.96. The maximum Gasteiger partial charge on any atom is 0.319 e. The van der Waals surface area contributed by atoms with Gasteiger partial charge >= 0.3 is 6.55 Å². The number of piperazine rings is 1. The normalized spacial score (nSPS) is 16.7. The summed E-state index contributed by atoms with van der Waals surface area (Å²) in [6.07, 6.45) is 2.55. The summed E-state index contributed by atoms with van der Waals surface area (Å²) in [6.45, 7) is 0.240. The summed E-state index contributed by atoms with van der Waals surface area (Å²) in [5.41, 5.74) is 0.341. The van der Waals surface area contributed by atoms with Crippen LogP contribution in [0.1, 0.15) is 29.7 Å². The first-order valence-electron chi connectivity index (χ1n) is 8.42. The van der Waals surface area contributed by atoms with Gasteiger partial charge in [-0.05, 0) is 19.1 Å². The molecule has 0 bridgehead atoms. The molecule has 2 aromatic rings. The maximum atomic E-state index is 12.9. The monoisotopic (exact) mass is 398 g/mol. The first kappa shape index (κ1) is 19.6. The fraction of sp³-hybridized carbons (Fsp3) is 0.412. The van der Waals surface area contributed by atoms with E-state index in [2.05, 4.69) is 4.98 Å². The van der Waals surface area contributed by atoms with E-state index in [-0.39, 0.29) is 36.1 Å². The van der Waals surface area contributed by atoms with Gasteiger partial charge in [0.1, 0.15) is 5.82 Å². The van der Waals surface area contributed by atoms with Crippen LogP contribution < -0.4 is 0 Å². The van der Waals surface area contributed by atoms with Crippen LogP contribution in [0.25, 0.3) is 0 Å². The Morgan fingerprint density at radius 2 is 1.93 bits per heavy atom. The molecule has 1 aromatic heterocycles. The molecular weight excluding hydrogens is 378 g/mol. The zero-order valence-corrected chi connectivity index (χ0v) is 15.6. The standard InChI is InChI=1S/C17H20F2N4O3S/c1-13(24)14-3-2-4-15(11-14)27(25,26)22-9-7-21(8-10-22)12-16-20-5-6-23(16)17(18)19/h2-6,11,17H,7-10,12H2,1H3. The van der Waals surface area contributed by atoms with Crippen LogP contribution in [0.15, 0.2) is 41.6 Å². The Labute approximate surface area is 156 Å². The number of Topliss-reactive ketones (excluding diaryl/α,β-unsaturated/α-hetero) is 1. The van der Waals surface area contributed by atoms with Gasteiger partial charge < -0.3 is 0 Å². The molecule has 1 fully saturated rings. The Bertz CT molecular complexity index is 922. The summed E-state index contributed by atoms with van der Waals surface area (Å²) >= 11 is 0. The number of nitrogens with zero attached hydrogens (tertiary/aromatic N) is 4. The van der Waals surface area contributed by atoms with E-state index < -0.39 is 16.6 Å². The van der Waals surface area contributed by atoms with Crippen LogP contribution >= 0.6 is 0 Å². The average molecular weight is 398 g/mol. The van der Waals surface area contributed by atoms with Crippen molar-refractivity contribution in [2.24, 2.45) is 0 Å². The molecule has 10 heteroatoms. The van der Waals surface area contributed by atoms with Crippen molar-refractivity contribution in [2.45, 2.75) is 24.9 Å². The van der Waals surface area contributed by atoms with E-state index in [0.29, 0.717) is 18.7 Å². The van der Waals surface area contributed by atoms with Gasteiger partial charge in [0, 0.05) is 44.1 Å². The van der Waals surface area contributed by atoms with E-state index in [4.69, 9.17) is 0 Å². The van der Waals surface area contributed by atoms with Crippen molar-refractivity contribution in [1.29, 1.82) is 0 Å². The quantitative estimate of drug-likeness (QED) is 0.696. The summed E-state index contributed by atoms with van der Waals surface area (Å²) in [5.74, 6) is 0.0434. The third kappa shape index (κ3) is 4.23. The first-order valence-corrected chi connectivity index (χ1v) is 9.86. The molecule has 1 saturated heterocycles. The summed E-state index contributed by atoms with van der Waals surface area (Å²) in [4.78, 5) is 17.4. The molecule has 2 heterocycles. The van der Waals surface area contributed by atoms with Gasteiger partial charge in [-0.25, -0.2) is 13.4 Å². The van der Waals surface area contributed by atoms with Crippen LogP contribution in [0.2, 0.25) is 0 Å². The molecule has 0 aliphatic carbocycles. The number of ketones is 1. The van der Waals surface area contributed by atoms with Crippen LogP contribution in [0.4, 0.5) is 8.78 Å². The highest BCUT2D eigenvalue weighted by Gasteiger charge is 2.29. The minimum atomic E-state index is -3.71. The number of sulfonamides is 1. The highest BCUT2D eigenvalue weighted by Crippen LogP contribution is 2.20. The molecule has 0 radical (unpaired) electrons. The van der Waals surface area contributed by atoms with Crippen LogP contribution in [0.5, 0.6) is 0 Å². The van der Waals surface area contributed by atoms with E-state index in [0.717, 1.165) is 4.57 Å². The van der Waals surface area contributed by atoms with Crippen LogP contribution in [0, 0.1) is 0 Å². The number of imidazole rings is 1. The lowest BCUT2D eigenvalue weighted by Gasteiger charge is -2.33. The molecule has 3 rings (SSSR count). The Morgan fingerprint density at radius 1 is 1.22 bits per heavy atom. The molecule has 0 amide bonds. The number of hydrogen-bond acceptors (Lipinski definition) is 5. The smallest absolute Gasteiger partial charge is 0.295 e. The number of carbonyl (C=O) groups excluding carboxylic acids is 1. The minimum Gasteiger partial charge on any atom is -0.295 e. The van der Waals surface area contributed by atoms with E-state index >= 15 is 0 Å². The third-order valence-electron chi connectivity index (χ3n) is 4.53. The number of carbonyl (C=O) groups is 1. The SMILES string of the molecule is CC(=O)c1cccc(S(=O)(=O)N2CCN(Cc3nccn3C(F)F)CC2)c1. The van der Waals surface area contributed by atoms with Gasteiger partial charge in [0.05, 0.1) is 11.4 Å². The van der Waals surface area contributed by atoms with Crippen molar-refractivity contribution < 1.29 is 22.0 Å². The molecular formula is C17H20F2N4O3S. The molecule has 1 aromatic carbocycles. The van der Waals surface area contributed by atoms with Gasteiger partial charge in [-0.15, -0.1) is 0 Å². The molecule has 0 saturated carbocycles. The molecule has 0 unspecified atom stereocenters. The molecule has 0 atom stereocenters. The zero-order valence-electron chi connectivity index (χ0n) is 14.8. The molecule has 1 aliphatic heterocycles. The van der Waals surface area contributed by atoms with Crippen molar-refractivity contribution in [3.8, 4) is 0 Å². The van der Waals surface area contributed by atoms with Crippen molar-refractivity contribution in [3.63, 3.8) is 0 Å². The molecule has 1 aliphatic rings. The number of aromatic nitrogens is 2. The second kappa shape index (κ2) is 7.83. The Kier molecular flexibility index (Phi) is 5.68. The minimum absolute atomic E-state index is 0.0805. The highest BCUT2D eigenvalue weighted by atomic mass is 32.2. The zero-order chi connectivity index (χ0) is 19.6. The summed E-state index contributed by atoms with van der Waals surface area (Å²) in [7, 11) is -3.71. The van der Waals surface area contributed by atoms with Crippen LogP contribution in [-0.4, -0.2) is 59.1 Å². The largest absolute Gasteiger partial charge is 0.319 e. The molecule has 27 heavy (non-hydrogen) atoms. The topological polar surface area (TPSA) is 75.5 Å². The van der Waals surface area contributed by atoms with Crippen molar-refractivity contribution >= 4 is 15.8 Å². The highest BCUT2D eigenvalue weighted by molar-refractivity contribution is 7.89. The second-order valence-electron chi connectivity index (χ2n) is 6.29. The third-order valence-corrected chi connectivity index (χ3v) is 6.43. The Morgan fingerprint density at radius 3 is 2.56 bits per heavy atom. The molecule has 0 spiro atoms. The number of halogens is 2. The fourth-order valence-electron chi connectivity index (χ4n) is 3.00. The average Bonchev–Trinajstić information content (AvgIpc) is 3.10. The molecule has 0 N–H and O–H groups in total. The lowest BCUT2D eigenvalue weighted by atomic mass is 10.2. The summed E-state index contributed by atoms with van der Waals surface area (Å²) in [5, 5.41) is 0. The molecule has 146 valence electrons. The van der Waals surface area contributed by atoms with Crippen molar-refractivity contribution in [3.05, 3.63) is 48.0 Å². The number of benzene rings is 1. The van der Waals surface area contributed by atoms with Gasteiger partial charge in [-0.2, -0.15) is 13.1 Å². The predicted octanol–water partition coefficient (Wildman–Crippen LogP) is 1.99. The number of rotatable bonds is 6. The van der Waals surface area contributed by atoms with Crippen molar-refractivity contribution in [2.75, 3.05) is 26.2 Å². The van der Waals surface area contributed by atoms with Gasteiger partial charge in [0.15, 0.2) is 5.78 Å². The maximum absolute atomic E-state index is 12.9. The first-order chi connectivity index (χ1) is 12.8. The van der Waals surface area contributed by atoms with Gasteiger partial charge in [0.2, 0.25) is 10.0 Å². The van der Waals surface area contributed by atoms with Gasteiger partial charge in [-0.3, -0.25) is 14.3 Å². The van der Waals surface area contributed by atoms with Gasteiger partial charge in [-0.1, -0.05) is 12.1 Å². The van der Waals surface area contributed by atoms with E-state index in [9.17, 15) is 22.0 Å². The van der Waals surface area contributed by atoms with E-state index in [1.807, 2.05) is 4.90 Å². The van der Waals surface area contributed by atoms with E-state index in [1.165, 1.54) is 35.8 Å². The Balaban J connectivity index is 1.67. The second-order valence-corrected chi connectivity index (χ2v) is 8.23. The number of hydrogen-bond donors (Lipinski definition) is 0. The van der Waals surface area contributed by atoms with Gasteiger partial charge in [0.25, 0.3) is 0 Å². The summed E-state index contributed by atoms with van der Waals surface area (Å²) < 4.78 is 53.6. The lowest BCUT2D eigenvalue weighted by Crippen LogP contribution is -2.48. The van der Waals surface area contributed by atoms with Crippen LogP contribution in [0.3, 0.4) is 0 Å². The Hall–Kier alpha value is -2.17. The van der Waals surface area contributed by atoms with Crippen LogP contribution in [-0.2, 0) is 16.6 Å². The fourth-order valence-corrected chi connectivity index (χ4v) is 4.47. The van der Waals surface area contributed by atoms with Crippen molar-refractivity contribution in [1.82, 2.24) is 18.8 Å².